The van der Waals surface area contributed by atoms with E-state index in [9.17, 15) is 22.8 Å². The number of carboxylic acids is 1. The lowest BCUT2D eigenvalue weighted by Gasteiger charge is -2.14. The maximum absolute atomic E-state index is 12.8. The van der Waals surface area contributed by atoms with Gasteiger partial charge < -0.3 is 20.3 Å². The summed E-state index contributed by atoms with van der Waals surface area (Å²) in [6.45, 7) is 1.56. The van der Waals surface area contributed by atoms with Crippen molar-refractivity contribution in [2.45, 2.75) is 30.7 Å². The van der Waals surface area contributed by atoms with Crippen LogP contribution in [-0.4, -0.2) is 42.0 Å². The number of hydrogen-bond acceptors (Lipinski definition) is 5. The van der Waals surface area contributed by atoms with E-state index in [-0.39, 0.29) is 17.7 Å². The molecule has 0 bridgehead atoms. The number of carbonyl (C=O) groups excluding carboxylic acids is 2. The Balaban J connectivity index is 1.67. The van der Waals surface area contributed by atoms with Gasteiger partial charge in [0.25, 0.3) is 15.9 Å². The molecule has 1 heterocycles. The molecule has 0 aliphatic carbocycles. The fraction of sp³-hybridized carbons (Fsp3) is 0.227. The fourth-order valence-electron chi connectivity index (χ4n) is 3.33. The van der Waals surface area contributed by atoms with Crippen molar-refractivity contribution in [1.29, 1.82) is 0 Å². The largest absolute Gasteiger partial charge is 0.481 e. The van der Waals surface area contributed by atoms with Crippen LogP contribution in [0.5, 0.6) is 0 Å². The number of nitrogens with one attached hydrogen (secondary N) is 3. The summed E-state index contributed by atoms with van der Waals surface area (Å²) in [5.74, 6) is -1.47. The number of nitrogens with zero attached hydrogens (tertiary/aromatic N) is 1. The number of aromatic nitrogens is 1. The molecule has 0 aliphatic rings. The number of halogens is 2. The van der Waals surface area contributed by atoms with Gasteiger partial charge in [0, 0.05) is 36.1 Å². The number of carbonyl (C=O) groups is 3. The number of anilines is 1. The van der Waals surface area contributed by atoms with Gasteiger partial charge in [-0.15, -0.1) is 0 Å². The van der Waals surface area contributed by atoms with Crippen LogP contribution in [-0.2, 0) is 21.9 Å². The zero-order chi connectivity index (χ0) is 25.9. The van der Waals surface area contributed by atoms with Crippen LogP contribution in [0.25, 0.3) is 10.9 Å². The van der Waals surface area contributed by atoms with Crippen LogP contribution >= 0.6 is 23.2 Å². The molecule has 0 fully saturated rings. The fourth-order valence-corrected chi connectivity index (χ4v) is 4.62. The van der Waals surface area contributed by atoms with Crippen LogP contribution < -0.4 is 15.4 Å². The average Bonchev–Trinajstić information content (AvgIpc) is 3.12. The van der Waals surface area contributed by atoms with Gasteiger partial charge in [-0.2, -0.15) is 0 Å². The minimum absolute atomic E-state index is 0.146. The number of sulfonamides is 1. The van der Waals surface area contributed by atoms with Crippen LogP contribution in [0.1, 0.15) is 30.3 Å². The molecule has 1 unspecified atom stereocenters. The zero-order valence-electron chi connectivity index (χ0n) is 18.6. The van der Waals surface area contributed by atoms with Gasteiger partial charge in [-0.3, -0.25) is 9.59 Å². The SMILES string of the molecule is CC(CCC(=O)O)NC(=O)NS(=O)(=O)c1ccc(NC(=O)c2cc3c(Cl)c(Cl)ccc3n2C)cc1. The number of benzene rings is 2. The summed E-state index contributed by atoms with van der Waals surface area (Å²) in [4.78, 5) is 35.2. The molecule has 1 aromatic heterocycles. The Morgan fingerprint density at radius 2 is 1.74 bits per heavy atom. The lowest BCUT2D eigenvalue weighted by Crippen LogP contribution is -2.43. The second kappa shape index (κ2) is 10.5. The molecule has 0 saturated heterocycles. The molecule has 3 aromatic rings. The highest BCUT2D eigenvalue weighted by molar-refractivity contribution is 7.90. The minimum Gasteiger partial charge on any atom is -0.481 e. The molecular weight excluding hydrogens is 519 g/mol. The van der Waals surface area contributed by atoms with Gasteiger partial charge >= 0.3 is 12.0 Å². The van der Waals surface area contributed by atoms with Crippen molar-refractivity contribution in [3.8, 4) is 0 Å². The summed E-state index contributed by atoms with van der Waals surface area (Å²) >= 11 is 12.3. The first kappa shape index (κ1) is 26.3. The smallest absolute Gasteiger partial charge is 0.328 e. The lowest BCUT2D eigenvalue weighted by molar-refractivity contribution is -0.137. The van der Waals surface area contributed by atoms with Crippen LogP contribution in [0.2, 0.25) is 10.0 Å². The molecule has 186 valence electrons. The van der Waals surface area contributed by atoms with Gasteiger partial charge in [0.15, 0.2) is 0 Å². The van der Waals surface area contributed by atoms with Gasteiger partial charge in [-0.05, 0) is 55.8 Å². The van der Waals surface area contributed by atoms with E-state index in [0.29, 0.717) is 32.3 Å². The van der Waals surface area contributed by atoms with Crippen molar-refractivity contribution in [3.05, 3.63) is 58.2 Å². The maximum atomic E-state index is 12.8. The third-order valence-corrected chi connectivity index (χ3v) is 7.33. The predicted molar refractivity (Wildman–Crippen MR) is 133 cm³/mol. The average molecular weight is 541 g/mol. The van der Waals surface area contributed by atoms with E-state index in [1.807, 2.05) is 4.72 Å². The first-order chi connectivity index (χ1) is 16.4. The third-order valence-electron chi connectivity index (χ3n) is 5.16. The molecule has 3 amide bonds. The van der Waals surface area contributed by atoms with E-state index in [1.165, 1.54) is 24.3 Å². The zero-order valence-corrected chi connectivity index (χ0v) is 21.0. The first-order valence-corrected chi connectivity index (χ1v) is 12.5. The Hall–Kier alpha value is -3.28. The van der Waals surface area contributed by atoms with Crippen LogP contribution in [0.3, 0.4) is 0 Å². The lowest BCUT2D eigenvalue weighted by atomic mass is 10.2. The normalized spacial score (nSPS) is 12.2. The van der Waals surface area contributed by atoms with Crippen molar-refractivity contribution in [3.63, 3.8) is 0 Å². The summed E-state index contributed by atoms with van der Waals surface area (Å²) < 4.78 is 28.5. The molecule has 2 aromatic carbocycles. The van der Waals surface area contributed by atoms with Gasteiger partial charge in [-0.1, -0.05) is 23.2 Å². The Kier molecular flexibility index (Phi) is 7.93. The van der Waals surface area contributed by atoms with E-state index >= 15 is 0 Å². The number of rotatable bonds is 8. The number of urea groups is 1. The quantitative estimate of drug-likeness (QED) is 0.339. The predicted octanol–water partition coefficient (Wildman–Crippen LogP) is 3.98. The van der Waals surface area contributed by atoms with E-state index in [1.54, 1.807) is 36.7 Å². The number of amides is 3. The van der Waals surface area contributed by atoms with Gasteiger partial charge in [0.2, 0.25) is 0 Å². The molecule has 0 aliphatic heterocycles. The summed E-state index contributed by atoms with van der Waals surface area (Å²) in [6, 6.07) is 8.70. The summed E-state index contributed by atoms with van der Waals surface area (Å²) in [5, 5.41) is 15.1. The van der Waals surface area contributed by atoms with Crippen LogP contribution in [0.15, 0.2) is 47.4 Å². The minimum atomic E-state index is -4.19. The maximum Gasteiger partial charge on any atom is 0.328 e. The number of carboxylic acid groups (broad SMARTS) is 1. The van der Waals surface area contributed by atoms with Crippen molar-refractivity contribution >= 4 is 67.7 Å². The molecule has 0 saturated carbocycles. The molecule has 13 heteroatoms. The van der Waals surface area contributed by atoms with E-state index < -0.39 is 34.0 Å². The monoisotopic (exact) mass is 540 g/mol. The number of fused-ring (bicyclic) bond motifs is 1. The van der Waals surface area contributed by atoms with Crippen molar-refractivity contribution < 1.29 is 27.9 Å². The van der Waals surface area contributed by atoms with Crippen LogP contribution in [0, 0.1) is 0 Å². The standard InChI is InChI=1S/C22H22Cl2N4O6S/c1-12(3-10-19(29)30)25-22(32)27-35(33,34)14-6-4-13(5-7-14)26-21(31)18-11-15-17(28(18)2)9-8-16(23)20(15)24/h4-9,11-12H,3,10H2,1-2H3,(H,26,31)(H,29,30)(H2,25,27,32). The van der Waals surface area contributed by atoms with Crippen molar-refractivity contribution in [2.75, 3.05) is 5.32 Å². The Bertz CT molecular complexity index is 1400. The molecule has 0 spiro atoms. The highest BCUT2D eigenvalue weighted by Crippen LogP contribution is 2.32. The Morgan fingerprint density at radius 3 is 2.37 bits per heavy atom. The summed E-state index contributed by atoms with van der Waals surface area (Å²) in [6.07, 6.45) is -0.0198. The highest BCUT2D eigenvalue weighted by Gasteiger charge is 2.20. The topological polar surface area (TPSA) is 147 Å². The van der Waals surface area contributed by atoms with E-state index in [0.717, 1.165) is 0 Å². The third kappa shape index (κ3) is 6.24. The second-order valence-electron chi connectivity index (χ2n) is 7.77. The highest BCUT2D eigenvalue weighted by atomic mass is 35.5. The van der Waals surface area contributed by atoms with Gasteiger partial charge in [0.05, 0.1) is 14.9 Å². The number of aryl methyl sites for hydroxylation is 1. The Labute approximate surface area is 211 Å². The van der Waals surface area contributed by atoms with E-state index in [4.69, 9.17) is 28.3 Å². The molecule has 35 heavy (non-hydrogen) atoms. The summed E-state index contributed by atoms with van der Waals surface area (Å²) in [7, 11) is -2.48. The van der Waals surface area contributed by atoms with Crippen LogP contribution in [0.4, 0.5) is 10.5 Å². The molecule has 0 radical (unpaired) electrons. The van der Waals surface area contributed by atoms with E-state index in [2.05, 4.69) is 10.6 Å². The molecule has 4 N–H and O–H groups in total. The van der Waals surface area contributed by atoms with Crippen molar-refractivity contribution in [2.24, 2.45) is 7.05 Å². The first-order valence-electron chi connectivity index (χ1n) is 10.3. The molecule has 3 rings (SSSR count). The van der Waals surface area contributed by atoms with Crippen molar-refractivity contribution in [1.82, 2.24) is 14.6 Å². The second-order valence-corrected chi connectivity index (χ2v) is 10.2. The Morgan fingerprint density at radius 1 is 1.09 bits per heavy atom. The number of hydrogen-bond donors (Lipinski definition) is 4. The van der Waals surface area contributed by atoms with Gasteiger partial charge in [-0.25, -0.2) is 17.9 Å². The molecule has 10 nitrogen and oxygen atoms in total. The molecule has 1 atom stereocenters. The van der Waals surface area contributed by atoms with Gasteiger partial charge in [0.1, 0.15) is 5.69 Å². The molecular formula is C22H22Cl2N4O6S. The number of aliphatic carboxylic acids is 1. The summed E-state index contributed by atoms with van der Waals surface area (Å²) in [5.41, 5.74) is 1.36.